The Morgan fingerprint density at radius 2 is 1.94 bits per heavy atom. The first-order valence-corrected chi connectivity index (χ1v) is 5.50. The second-order valence-electron chi connectivity index (χ2n) is 3.44. The second-order valence-corrected chi connectivity index (χ2v) is 4.44. The van der Waals surface area contributed by atoms with Gasteiger partial charge in [0.15, 0.2) is 0 Å². The second kappa shape index (κ2) is 4.10. The first-order valence-electron chi connectivity index (χ1n) is 4.68. The molecule has 0 bridgehead atoms. The maximum absolute atomic E-state index is 12.9. The zero-order chi connectivity index (χ0) is 12.6. The minimum Gasteiger partial charge on any atom is -0.241 e. The molecule has 1 nitrogen and oxygen atoms in total. The zero-order valence-corrected chi connectivity index (χ0v) is 9.49. The van der Waals surface area contributed by atoms with Crippen LogP contribution in [0.15, 0.2) is 24.3 Å². The molecule has 0 aliphatic heterocycles. The SMILES string of the molecule is Cc1nc(-c2cccc(F)c2)sc1C(F)(F)F. The molecule has 0 unspecified atom stereocenters. The maximum atomic E-state index is 12.9. The third-order valence-electron chi connectivity index (χ3n) is 2.13. The van der Waals surface area contributed by atoms with Crippen molar-refractivity contribution in [1.29, 1.82) is 0 Å². The number of aryl methyl sites for hydroxylation is 1. The summed E-state index contributed by atoms with van der Waals surface area (Å²) >= 11 is 0.525. The van der Waals surface area contributed by atoms with Crippen molar-refractivity contribution in [2.45, 2.75) is 13.1 Å². The number of thiazole rings is 1. The Labute approximate surface area is 98.7 Å². The van der Waals surface area contributed by atoms with Gasteiger partial charge < -0.3 is 0 Å². The Morgan fingerprint density at radius 1 is 1.24 bits per heavy atom. The average molecular weight is 261 g/mol. The number of aromatic nitrogens is 1. The lowest BCUT2D eigenvalue weighted by atomic mass is 10.2. The number of halogens is 4. The van der Waals surface area contributed by atoms with Gasteiger partial charge in [0.1, 0.15) is 15.7 Å². The van der Waals surface area contributed by atoms with Crippen LogP contribution in [-0.2, 0) is 6.18 Å². The van der Waals surface area contributed by atoms with Crippen LogP contribution in [0.3, 0.4) is 0 Å². The van der Waals surface area contributed by atoms with E-state index in [1.807, 2.05) is 0 Å². The summed E-state index contributed by atoms with van der Waals surface area (Å²) in [6.07, 6.45) is -4.41. The van der Waals surface area contributed by atoms with Gasteiger partial charge in [-0.15, -0.1) is 11.3 Å². The molecule has 0 atom stereocenters. The fourth-order valence-electron chi connectivity index (χ4n) is 1.40. The molecule has 0 aliphatic carbocycles. The molecule has 1 aromatic heterocycles. The monoisotopic (exact) mass is 261 g/mol. The van der Waals surface area contributed by atoms with Crippen LogP contribution < -0.4 is 0 Å². The Hall–Kier alpha value is -1.43. The molecular weight excluding hydrogens is 254 g/mol. The van der Waals surface area contributed by atoms with E-state index >= 15 is 0 Å². The van der Waals surface area contributed by atoms with E-state index in [9.17, 15) is 17.6 Å². The van der Waals surface area contributed by atoms with Crippen LogP contribution in [0.25, 0.3) is 10.6 Å². The summed E-state index contributed by atoms with van der Waals surface area (Å²) in [6, 6.07) is 5.36. The number of hydrogen-bond acceptors (Lipinski definition) is 2. The first kappa shape index (κ1) is 12.0. The Bertz CT molecular complexity index is 545. The first-order chi connectivity index (χ1) is 7.88. The lowest BCUT2D eigenvalue weighted by Crippen LogP contribution is -2.03. The lowest BCUT2D eigenvalue weighted by Gasteiger charge is -2.01. The molecule has 0 radical (unpaired) electrons. The molecule has 0 saturated heterocycles. The van der Waals surface area contributed by atoms with E-state index in [1.54, 1.807) is 0 Å². The van der Waals surface area contributed by atoms with Crippen LogP contribution in [0, 0.1) is 12.7 Å². The van der Waals surface area contributed by atoms with Gasteiger partial charge in [0.25, 0.3) is 0 Å². The predicted octanol–water partition coefficient (Wildman–Crippen LogP) is 4.28. The van der Waals surface area contributed by atoms with E-state index in [1.165, 1.54) is 31.2 Å². The fourth-order valence-corrected chi connectivity index (χ4v) is 2.33. The van der Waals surface area contributed by atoms with Crippen LogP contribution in [0.5, 0.6) is 0 Å². The molecule has 2 rings (SSSR count). The molecule has 1 heterocycles. The highest BCUT2D eigenvalue weighted by Gasteiger charge is 2.35. The number of nitrogens with zero attached hydrogens (tertiary/aromatic N) is 1. The molecule has 2 aromatic rings. The molecule has 0 saturated carbocycles. The van der Waals surface area contributed by atoms with Gasteiger partial charge in [0, 0.05) is 5.56 Å². The van der Waals surface area contributed by atoms with Crippen LogP contribution in [0.4, 0.5) is 17.6 Å². The van der Waals surface area contributed by atoms with Crippen molar-refractivity contribution < 1.29 is 17.6 Å². The predicted molar refractivity (Wildman–Crippen MR) is 57.2 cm³/mol. The number of benzene rings is 1. The van der Waals surface area contributed by atoms with Gasteiger partial charge in [-0.1, -0.05) is 12.1 Å². The molecule has 0 amide bonds. The van der Waals surface area contributed by atoms with E-state index in [2.05, 4.69) is 4.98 Å². The summed E-state index contributed by atoms with van der Waals surface area (Å²) in [4.78, 5) is 3.08. The van der Waals surface area contributed by atoms with Gasteiger partial charge in [-0.3, -0.25) is 0 Å². The lowest BCUT2D eigenvalue weighted by molar-refractivity contribution is -0.134. The quantitative estimate of drug-likeness (QED) is 0.698. The highest BCUT2D eigenvalue weighted by molar-refractivity contribution is 7.15. The minimum absolute atomic E-state index is 0.0817. The molecule has 0 aliphatic rings. The molecule has 17 heavy (non-hydrogen) atoms. The Morgan fingerprint density at radius 3 is 2.47 bits per heavy atom. The summed E-state index contributed by atoms with van der Waals surface area (Å²) in [7, 11) is 0. The smallest absolute Gasteiger partial charge is 0.241 e. The highest BCUT2D eigenvalue weighted by atomic mass is 32.1. The third kappa shape index (κ3) is 2.46. The van der Waals surface area contributed by atoms with E-state index in [4.69, 9.17) is 0 Å². The van der Waals surface area contributed by atoms with Gasteiger partial charge in [-0.05, 0) is 19.1 Å². The van der Waals surface area contributed by atoms with Gasteiger partial charge in [0.05, 0.1) is 5.69 Å². The summed E-state index contributed by atoms with van der Waals surface area (Å²) in [5.74, 6) is -0.496. The van der Waals surface area contributed by atoms with Gasteiger partial charge >= 0.3 is 6.18 Å². The summed E-state index contributed by atoms with van der Waals surface area (Å²) in [6.45, 7) is 1.29. The van der Waals surface area contributed by atoms with Gasteiger partial charge in [-0.25, -0.2) is 9.37 Å². The minimum atomic E-state index is -4.41. The van der Waals surface area contributed by atoms with E-state index in [0.29, 0.717) is 16.9 Å². The highest BCUT2D eigenvalue weighted by Crippen LogP contribution is 2.39. The summed E-state index contributed by atoms with van der Waals surface area (Å²) < 4.78 is 50.6. The van der Waals surface area contributed by atoms with Crippen molar-refractivity contribution in [3.05, 3.63) is 40.7 Å². The van der Waals surface area contributed by atoms with Crippen molar-refractivity contribution in [1.82, 2.24) is 4.98 Å². The Kier molecular flexibility index (Phi) is 2.91. The Balaban J connectivity index is 2.49. The molecular formula is C11H7F4NS. The third-order valence-corrected chi connectivity index (χ3v) is 3.38. The summed E-state index contributed by atoms with van der Waals surface area (Å²) in [5, 5.41) is 0.175. The topological polar surface area (TPSA) is 12.9 Å². The molecule has 6 heteroatoms. The van der Waals surface area contributed by atoms with Gasteiger partial charge in [0.2, 0.25) is 0 Å². The number of alkyl halides is 3. The zero-order valence-electron chi connectivity index (χ0n) is 8.68. The molecule has 1 aromatic carbocycles. The van der Waals surface area contributed by atoms with Crippen LogP contribution in [0.1, 0.15) is 10.6 Å². The number of hydrogen-bond donors (Lipinski definition) is 0. The van der Waals surface area contributed by atoms with Crippen molar-refractivity contribution in [3.63, 3.8) is 0 Å². The van der Waals surface area contributed by atoms with Crippen molar-refractivity contribution >= 4 is 11.3 Å². The van der Waals surface area contributed by atoms with Crippen LogP contribution in [-0.4, -0.2) is 4.98 Å². The standard InChI is InChI=1S/C11H7F4NS/c1-6-9(11(13,14)15)17-10(16-6)7-3-2-4-8(12)5-7/h2-5H,1H3. The largest absolute Gasteiger partial charge is 0.427 e. The van der Waals surface area contributed by atoms with E-state index in [-0.39, 0.29) is 10.7 Å². The fraction of sp³-hybridized carbons (Fsp3) is 0.182. The average Bonchev–Trinajstić information content (AvgIpc) is 2.60. The van der Waals surface area contributed by atoms with Crippen molar-refractivity contribution in [2.75, 3.05) is 0 Å². The molecule has 0 spiro atoms. The van der Waals surface area contributed by atoms with E-state index in [0.717, 1.165) is 0 Å². The molecule has 0 fully saturated rings. The molecule has 0 N–H and O–H groups in total. The van der Waals surface area contributed by atoms with E-state index < -0.39 is 16.9 Å². The maximum Gasteiger partial charge on any atom is 0.427 e. The van der Waals surface area contributed by atoms with Crippen LogP contribution in [0.2, 0.25) is 0 Å². The van der Waals surface area contributed by atoms with Crippen molar-refractivity contribution in [3.8, 4) is 10.6 Å². The molecule has 90 valence electrons. The summed E-state index contributed by atoms with van der Waals surface area (Å²) in [5.41, 5.74) is 0.273. The van der Waals surface area contributed by atoms with Crippen molar-refractivity contribution in [2.24, 2.45) is 0 Å². The van der Waals surface area contributed by atoms with Crippen LogP contribution >= 0.6 is 11.3 Å². The number of rotatable bonds is 1. The normalized spacial score (nSPS) is 11.8. The van der Waals surface area contributed by atoms with Gasteiger partial charge in [-0.2, -0.15) is 13.2 Å².